The predicted octanol–water partition coefficient (Wildman–Crippen LogP) is 3.16. The number of aliphatic imine (C=N–C) groups is 1. The van der Waals surface area contributed by atoms with Gasteiger partial charge in [0.25, 0.3) is 0 Å². The predicted molar refractivity (Wildman–Crippen MR) is 107 cm³/mol. The van der Waals surface area contributed by atoms with Crippen LogP contribution < -0.4 is 11.1 Å². The molecule has 1 fully saturated rings. The van der Waals surface area contributed by atoms with Crippen molar-refractivity contribution in [3.63, 3.8) is 0 Å². The van der Waals surface area contributed by atoms with Gasteiger partial charge in [0.15, 0.2) is 5.17 Å². The molecule has 0 bridgehead atoms. The lowest BCUT2D eigenvalue weighted by Crippen LogP contribution is -2.54. The van der Waals surface area contributed by atoms with Gasteiger partial charge in [-0.25, -0.2) is 4.39 Å². The second-order valence-electron chi connectivity index (χ2n) is 6.81. The summed E-state index contributed by atoms with van der Waals surface area (Å²) in [6, 6.07) is 6.17. The molecule has 0 aromatic heterocycles. The topological polar surface area (TPSA) is 87.7 Å². The van der Waals surface area contributed by atoms with Crippen LogP contribution in [0, 0.1) is 5.82 Å². The van der Waals surface area contributed by atoms with Crippen molar-refractivity contribution in [1.29, 1.82) is 0 Å². The first-order valence-electron chi connectivity index (χ1n) is 8.74. The molecule has 146 valence electrons. The highest BCUT2D eigenvalue weighted by molar-refractivity contribution is 8.16. The number of halogens is 1. The molecule has 1 amide bonds. The SMILES string of the molecule is CCC(O)(CC)C1(C)SC(=NC(C)(C)c2ccc(F)cc2)NC1=O.CN. The maximum absolute atomic E-state index is 13.1. The third-order valence-electron chi connectivity index (χ3n) is 4.94. The largest absolute Gasteiger partial charge is 0.388 e. The Morgan fingerprint density at radius 3 is 2.19 bits per heavy atom. The van der Waals surface area contributed by atoms with E-state index < -0.39 is 15.9 Å². The fraction of sp³-hybridized carbons (Fsp3) is 0.579. The summed E-state index contributed by atoms with van der Waals surface area (Å²) in [5.74, 6) is -0.526. The van der Waals surface area contributed by atoms with Crippen molar-refractivity contribution in [1.82, 2.24) is 5.32 Å². The summed E-state index contributed by atoms with van der Waals surface area (Å²) in [7, 11) is 1.50. The summed E-state index contributed by atoms with van der Waals surface area (Å²) in [4.78, 5) is 17.2. The van der Waals surface area contributed by atoms with E-state index in [1.165, 1.54) is 30.9 Å². The second-order valence-corrected chi connectivity index (χ2v) is 8.22. The lowest BCUT2D eigenvalue weighted by Gasteiger charge is -2.38. The number of nitrogens with one attached hydrogen (secondary N) is 1. The number of carbonyl (C=O) groups excluding carboxylic acids is 1. The third-order valence-corrected chi connectivity index (χ3v) is 6.30. The quantitative estimate of drug-likeness (QED) is 0.729. The number of amidine groups is 1. The molecule has 1 aromatic rings. The van der Waals surface area contributed by atoms with Crippen LogP contribution in [0.3, 0.4) is 0 Å². The van der Waals surface area contributed by atoms with Gasteiger partial charge >= 0.3 is 0 Å². The van der Waals surface area contributed by atoms with E-state index in [1.54, 1.807) is 19.1 Å². The minimum atomic E-state index is -1.10. The van der Waals surface area contributed by atoms with E-state index in [9.17, 15) is 14.3 Å². The van der Waals surface area contributed by atoms with Crippen LogP contribution in [0.2, 0.25) is 0 Å². The Kier molecular flexibility index (Phi) is 7.39. The van der Waals surface area contributed by atoms with Crippen LogP contribution in [0.1, 0.15) is 53.0 Å². The average Bonchev–Trinajstić information content (AvgIpc) is 2.90. The molecule has 0 saturated carbocycles. The molecule has 1 aliphatic heterocycles. The minimum Gasteiger partial charge on any atom is -0.388 e. The number of hydrogen-bond donors (Lipinski definition) is 3. The highest BCUT2D eigenvalue weighted by atomic mass is 32.2. The first kappa shape index (κ1) is 22.6. The highest BCUT2D eigenvalue weighted by Crippen LogP contribution is 2.45. The van der Waals surface area contributed by atoms with Crippen LogP contribution in [0.15, 0.2) is 29.3 Å². The Morgan fingerprint density at radius 1 is 1.23 bits per heavy atom. The van der Waals surface area contributed by atoms with Gasteiger partial charge in [-0.3, -0.25) is 9.79 Å². The summed E-state index contributed by atoms with van der Waals surface area (Å²) >= 11 is 1.27. The van der Waals surface area contributed by atoms with Gasteiger partial charge in [-0.1, -0.05) is 37.7 Å². The van der Waals surface area contributed by atoms with Crippen LogP contribution in [0.25, 0.3) is 0 Å². The van der Waals surface area contributed by atoms with Crippen molar-refractivity contribution >= 4 is 22.8 Å². The van der Waals surface area contributed by atoms with Crippen molar-refractivity contribution in [2.75, 3.05) is 7.05 Å². The summed E-state index contributed by atoms with van der Waals surface area (Å²) in [5, 5.41) is 14.1. The maximum Gasteiger partial charge on any atom is 0.245 e. The van der Waals surface area contributed by atoms with Crippen LogP contribution in [0.5, 0.6) is 0 Å². The number of carbonyl (C=O) groups is 1. The summed E-state index contributed by atoms with van der Waals surface area (Å²) in [6.45, 7) is 9.32. The van der Waals surface area contributed by atoms with Crippen LogP contribution >= 0.6 is 11.8 Å². The zero-order chi connectivity index (χ0) is 20.2. The number of rotatable bonds is 5. The van der Waals surface area contributed by atoms with Crippen LogP contribution in [-0.2, 0) is 10.3 Å². The third kappa shape index (κ3) is 4.27. The standard InChI is InChI=1S/C18H25FN2O2S.CH5N/c1-6-18(23,7-2)17(5)14(22)20-15(24-17)21-16(3,4)12-8-10-13(19)11-9-12;1-2/h8-11,23H,6-7H2,1-5H3,(H,20,21,22);2H2,1H3. The smallest absolute Gasteiger partial charge is 0.245 e. The lowest BCUT2D eigenvalue weighted by molar-refractivity contribution is -0.128. The Labute approximate surface area is 159 Å². The molecule has 1 saturated heterocycles. The van der Waals surface area contributed by atoms with Gasteiger partial charge in [-0.05, 0) is 58.4 Å². The van der Waals surface area contributed by atoms with Gasteiger partial charge in [-0.15, -0.1) is 0 Å². The zero-order valence-electron chi connectivity index (χ0n) is 16.4. The van der Waals surface area contributed by atoms with Gasteiger partial charge in [0, 0.05) is 0 Å². The van der Waals surface area contributed by atoms with E-state index in [1.807, 2.05) is 27.7 Å². The van der Waals surface area contributed by atoms with Crippen molar-refractivity contribution in [2.24, 2.45) is 10.7 Å². The van der Waals surface area contributed by atoms with E-state index >= 15 is 0 Å². The van der Waals surface area contributed by atoms with Crippen molar-refractivity contribution in [3.8, 4) is 0 Å². The fourth-order valence-corrected chi connectivity index (χ4v) is 4.37. The molecular formula is C19H30FN3O2S. The molecule has 1 aliphatic rings. The first-order chi connectivity index (χ1) is 12.1. The summed E-state index contributed by atoms with van der Waals surface area (Å²) < 4.78 is 12.1. The first-order valence-corrected chi connectivity index (χ1v) is 9.56. The summed E-state index contributed by atoms with van der Waals surface area (Å²) in [5.41, 5.74) is 3.63. The molecular weight excluding hydrogens is 353 g/mol. The van der Waals surface area contributed by atoms with Crippen LogP contribution in [0.4, 0.5) is 4.39 Å². The summed E-state index contributed by atoms with van der Waals surface area (Å²) in [6.07, 6.45) is 0.962. The average molecular weight is 384 g/mol. The van der Waals surface area contributed by atoms with E-state index in [4.69, 9.17) is 0 Å². The molecule has 0 radical (unpaired) electrons. The molecule has 0 aliphatic carbocycles. The number of thioether (sulfide) groups is 1. The lowest BCUT2D eigenvalue weighted by atomic mass is 9.82. The Balaban J connectivity index is 0.00000163. The molecule has 5 nitrogen and oxygen atoms in total. The Bertz CT molecular complexity index is 657. The van der Waals surface area contributed by atoms with E-state index in [2.05, 4.69) is 16.0 Å². The van der Waals surface area contributed by atoms with Gasteiger partial charge < -0.3 is 16.2 Å². The number of benzene rings is 1. The highest BCUT2D eigenvalue weighted by Gasteiger charge is 2.55. The Morgan fingerprint density at radius 2 is 1.73 bits per heavy atom. The van der Waals surface area contributed by atoms with Crippen molar-refractivity contribution < 1.29 is 14.3 Å². The molecule has 1 unspecified atom stereocenters. The van der Waals surface area contributed by atoms with E-state index in [0.717, 1.165) is 5.56 Å². The molecule has 2 rings (SSSR count). The fourth-order valence-electron chi connectivity index (χ4n) is 2.94. The van der Waals surface area contributed by atoms with Gasteiger partial charge in [0.2, 0.25) is 5.91 Å². The molecule has 1 heterocycles. The van der Waals surface area contributed by atoms with E-state index in [0.29, 0.717) is 18.0 Å². The number of hydrogen-bond acceptors (Lipinski definition) is 5. The Hall–Kier alpha value is -1.44. The molecule has 1 atom stereocenters. The number of nitrogens with two attached hydrogens (primary N) is 1. The molecule has 7 heteroatoms. The molecule has 26 heavy (non-hydrogen) atoms. The molecule has 1 aromatic carbocycles. The van der Waals surface area contributed by atoms with Gasteiger partial charge in [0.1, 0.15) is 10.6 Å². The zero-order valence-corrected chi connectivity index (χ0v) is 17.2. The number of nitrogens with zero attached hydrogens (tertiary/aromatic N) is 1. The molecule has 0 spiro atoms. The van der Waals surface area contributed by atoms with Gasteiger partial charge in [-0.2, -0.15) is 0 Å². The maximum atomic E-state index is 13.1. The van der Waals surface area contributed by atoms with E-state index in [-0.39, 0.29) is 11.7 Å². The molecule has 4 N–H and O–H groups in total. The number of amides is 1. The minimum absolute atomic E-state index is 0.229. The van der Waals surface area contributed by atoms with Crippen molar-refractivity contribution in [3.05, 3.63) is 35.6 Å². The van der Waals surface area contributed by atoms with Crippen LogP contribution in [-0.4, -0.2) is 33.6 Å². The second kappa shape index (κ2) is 8.50. The van der Waals surface area contributed by atoms with Crippen molar-refractivity contribution in [2.45, 2.75) is 63.3 Å². The normalized spacial score (nSPS) is 22.0. The monoisotopic (exact) mass is 383 g/mol. The van der Waals surface area contributed by atoms with Gasteiger partial charge in [0.05, 0.1) is 11.1 Å². The number of aliphatic hydroxyl groups is 1.